The van der Waals surface area contributed by atoms with Crippen LogP contribution in [0.4, 0.5) is 4.79 Å². The molecule has 0 bridgehead atoms. The van der Waals surface area contributed by atoms with Crippen LogP contribution in [0.5, 0.6) is 0 Å². The van der Waals surface area contributed by atoms with Gasteiger partial charge in [-0.3, -0.25) is 9.59 Å². The highest BCUT2D eigenvalue weighted by molar-refractivity contribution is 5.96. The van der Waals surface area contributed by atoms with Gasteiger partial charge in [0.15, 0.2) is 0 Å². The normalized spacial score (nSPS) is 24.6. The number of ether oxygens (including phenoxy) is 2. The number of alkyl carbamates (subject to hydrolysis) is 1. The minimum absolute atomic E-state index is 0.0378. The zero-order valence-corrected chi connectivity index (χ0v) is 25.6. The first kappa shape index (κ1) is 31.0. The van der Waals surface area contributed by atoms with Gasteiger partial charge in [0.1, 0.15) is 40.4 Å². The van der Waals surface area contributed by atoms with Crippen LogP contribution in [-0.2, 0) is 23.9 Å². The number of hydrogen-bond acceptors (Lipinski definition) is 9. The summed E-state index contributed by atoms with van der Waals surface area (Å²) in [5, 5.41) is 13.8. The fourth-order valence-corrected chi connectivity index (χ4v) is 5.43. The number of likely N-dealkylation sites (tertiary alicyclic amines) is 1. The number of hydrogen-bond donors (Lipinski definition) is 2. The van der Waals surface area contributed by atoms with E-state index in [9.17, 15) is 19.2 Å². The zero-order chi connectivity index (χ0) is 31.0. The molecule has 1 aromatic carbocycles. The number of rotatable bonds is 8. The van der Waals surface area contributed by atoms with Crippen LogP contribution in [0.3, 0.4) is 0 Å². The van der Waals surface area contributed by atoms with E-state index in [0.29, 0.717) is 23.9 Å². The molecular formula is C29H42N6O7. The summed E-state index contributed by atoms with van der Waals surface area (Å²) in [4.78, 5) is 62.2. The molecule has 230 valence electrons. The summed E-state index contributed by atoms with van der Waals surface area (Å²) in [6.07, 6.45) is -0.111. The third kappa shape index (κ3) is 6.44. The van der Waals surface area contributed by atoms with Crippen molar-refractivity contribution in [1.29, 1.82) is 0 Å². The van der Waals surface area contributed by atoms with E-state index < -0.39 is 58.6 Å². The van der Waals surface area contributed by atoms with Crippen LogP contribution in [0, 0.1) is 11.3 Å². The second kappa shape index (κ2) is 11.4. The summed E-state index contributed by atoms with van der Waals surface area (Å²) < 4.78 is 10.4. The number of benzene rings is 1. The molecule has 1 aromatic heterocycles. The number of para-hydroxylation sites is 1. The first-order valence-electron chi connectivity index (χ1n) is 14.3. The highest BCUT2D eigenvalue weighted by Gasteiger charge is 2.62. The van der Waals surface area contributed by atoms with Gasteiger partial charge in [0.25, 0.3) is 0 Å². The Bertz CT molecular complexity index is 1350. The molecule has 1 aliphatic heterocycles. The Kier molecular flexibility index (Phi) is 8.43. The predicted molar refractivity (Wildman–Crippen MR) is 152 cm³/mol. The molecule has 0 spiro atoms. The van der Waals surface area contributed by atoms with Gasteiger partial charge in [0.05, 0.1) is 13.7 Å². The number of nitrogens with zero attached hydrogens (tertiary/aromatic N) is 4. The fourth-order valence-electron chi connectivity index (χ4n) is 5.43. The summed E-state index contributed by atoms with van der Waals surface area (Å²) >= 11 is 0. The number of nitrogens with one attached hydrogen (secondary N) is 2. The van der Waals surface area contributed by atoms with Crippen molar-refractivity contribution < 1.29 is 33.5 Å². The molecule has 42 heavy (non-hydrogen) atoms. The first-order valence-corrected chi connectivity index (χ1v) is 14.3. The highest BCUT2D eigenvalue weighted by atomic mass is 16.7. The van der Waals surface area contributed by atoms with Crippen LogP contribution >= 0.6 is 0 Å². The van der Waals surface area contributed by atoms with Gasteiger partial charge in [-0.2, -0.15) is 0 Å². The highest BCUT2D eigenvalue weighted by Crippen LogP contribution is 2.47. The van der Waals surface area contributed by atoms with E-state index in [-0.39, 0.29) is 18.9 Å². The van der Waals surface area contributed by atoms with Crippen LogP contribution in [0.15, 0.2) is 24.3 Å². The number of fused-ring (bicyclic) bond motifs is 1. The molecule has 2 aromatic rings. The smallest absolute Gasteiger partial charge is 0.408 e. The lowest BCUT2D eigenvalue weighted by Crippen LogP contribution is -2.59. The van der Waals surface area contributed by atoms with Crippen molar-refractivity contribution in [3.63, 3.8) is 0 Å². The predicted octanol–water partition coefficient (Wildman–Crippen LogP) is 2.23. The van der Waals surface area contributed by atoms with Crippen LogP contribution < -0.4 is 15.5 Å². The minimum atomic E-state index is -1.13. The van der Waals surface area contributed by atoms with Gasteiger partial charge in [-0.1, -0.05) is 51.1 Å². The van der Waals surface area contributed by atoms with E-state index in [0.717, 1.165) is 0 Å². The topological polar surface area (TPSA) is 154 Å². The van der Waals surface area contributed by atoms with Crippen LogP contribution in [0.25, 0.3) is 11.0 Å². The van der Waals surface area contributed by atoms with Crippen molar-refractivity contribution in [2.45, 2.75) is 97.1 Å². The summed E-state index contributed by atoms with van der Waals surface area (Å²) in [5.41, 5.74) is -1.36. The van der Waals surface area contributed by atoms with Crippen molar-refractivity contribution in [2.24, 2.45) is 11.3 Å². The quantitative estimate of drug-likeness (QED) is 0.443. The van der Waals surface area contributed by atoms with Crippen LogP contribution in [-0.4, -0.2) is 86.9 Å². The van der Waals surface area contributed by atoms with Crippen LogP contribution in [0.1, 0.15) is 67.7 Å². The van der Waals surface area contributed by atoms with Gasteiger partial charge >= 0.3 is 12.1 Å². The molecule has 13 nitrogen and oxygen atoms in total. The van der Waals surface area contributed by atoms with Gasteiger partial charge in [-0.25, -0.2) is 9.59 Å². The molecule has 13 heteroatoms. The molecule has 2 fully saturated rings. The number of methoxy groups -OCH3 is 1. The van der Waals surface area contributed by atoms with E-state index in [1.165, 1.54) is 16.9 Å². The van der Waals surface area contributed by atoms with Gasteiger partial charge in [0.2, 0.25) is 11.8 Å². The second-order valence-corrected chi connectivity index (χ2v) is 13.1. The molecule has 3 amide bonds. The molecule has 5 atom stereocenters. The number of esters is 1. The minimum Gasteiger partial charge on any atom is -0.467 e. The summed E-state index contributed by atoms with van der Waals surface area (Å²) in [6.45, 7) is 12.6. The number of aromatic nitrogens is 3. The Morgan fingerprint density at radius 3 is 2.40 bits per heavy atom. The Labute approximate surface area is 245 Å². The average molecular weight is 587 g/mol. The van der Waals surface area contributed by atoms with E-state index in [2.05, 4.69) is 20.9 Å². The molecule has 1 aliphatic carbocycles. The average Bonchev–Trinajstić information content (AvgIpc) is 3.23. The van der Waals surface area contributed by atoms with E-state index in [1.54, 1.807) is 32.9 Å². The van der Waals surface area contributed by atoms with Gasteiger partial charge in [-0.05, 0) is 55.9 Å². The number of carbonyl (C=O) groups excluding carboxylic acids is 4. The van der Waals surface area contributed by atoms with Crippen molar-refractivity contribution in [2.75, 3.05) is 13.7 Å². The molecule has 5 unspecified atom stereocenters. The maximum absolute atomic E-state index is 14.2. The van der Waals surface area contributed by atoms with Gasteiger partial charge in [0, 0.05) is 6.42 Å². The molecule has 2 aliphatic rings. The van der Waals surface area contributed by atoms with Gasteiger partial charge < -0.3 is 29.8 Å². The standard InChI is InChI=1S/C29H42N6O7/c1-9-17-15-29(17,25(38)40-8)31-23(36)21-14-18(42-35-20-13-11-10-12-19(20)32-33-35)16-34(21)24(37)22(27(2,3)4)30-26(39)41-28(5,6)7/h10-13,17-18,21-22H,9,14-16H2,1-8H3,(H,30,39)(H,31,36). The van der Waals surface area contributed by atoms with Crippen molar-refractivity contribution >= 4 is 34.9 Å². The lowest BCUT2D eigenvalue weighted by atomic mass is 9.85. The molecule has 2 heterocycles. The Balaban J connectivity index is 1.62. The fraction of sp³-hybridized carbons (Fsp3) is 0.655. The second-order valence-electron chi connectivity index (χ2n) is 13.1. The first-order chi connectivity index (χ1) is 19.6. The van der Waals surface area contributed by atoms with Gasteiger partial charge in [-0.15, -0.1) is 5.10 Å². The Morgan fingerprint density at radius 2 is 1.81 bits per heavy atom. The van der Waals surface area contributed by atoms with Crippen molar-refractivity contribution in [3.8, 4) is 0 Å². The van der Waals surface area contributed by atoms with E-state index >= 15 is 0 Å². The maximum Gasteiger partial charge on any atom is 0.408 e. The number of carbonyl (C=O) groups is 4. The maximum atomic E-state index is 14.2. The number of amides is 3. The Hall–Kier alpha value is -3.90. The van der Waals surface area contributed by atoms with Crippen molar-refractivity contribution in [3.05, 3.63) is 24.3 Å². The summed E-state index contributed by atoms with van der Waals surface area (Å²) in [5.74, 6) is -1.55. The van der Waals surface area contributed by atoms with E-state index in [1.807, 2.05) is 39.8 Å². The van der Waals surface area contributed by atoms with Crippen LogP contribution in [0.2, 0.25) is 0 Å². The van der Waals surface area contributed by atoms with Crippen molar-refractivity contribution in [1.82, 2.24) is 30.7 Å². The van der Waals surface area contributed by atoms with E-state index in [4.69, 9.17) is 14.3 Å². The molecule has 1 saturated heterocycles. The third-order valence-corrected chi connectivity index (χ3v) is 7.69. The molecule has 4 rings (SSSR count). The monoisotopic (exact) mass is 586 g/mol. The SMILES string of the molecule is CCC1CC1(NC(=O)C1CC(On2nnc3ccccc32)CN1C(=O)C(NC(=O)OC(C)(C)C)C(C)(C)C)C(=O)OC. The largest absolute Gasteiger partial charge is 0.467 e. The molecular weight excluding hydrogens is 544 g/mol. The Morgan fingerprint density at radius 1 is 1.12 bits per heavy atom. The molecule has 2 N–H and O–H groups in total. The lowest BCUT2D eigenvalue weighted by Gasteiger charge is -2.36. The zero-order valence-electron chi connectivity index (χ0n) is 25.6. The third-order valence-electron chi connectivity index (χ3n) is 7.69. The summed E-state index contributed by atoms with van der Waals surface area (Å²) in [6, 6.07) is 5.26. The molecule has 1 saturated carbocycles. The molecule has 0 radical (unpaired) electrons. The summed E-state index contributed by atoms with van der Waals surface area (Å²) in [7, 11) is 1.29. The lowest BCUT2D eigenvalue weighted by molar-refractivity contribution is -0.148.